The first-order valence-corrected chi connectivity index (χ1v) is 6.91. The largest absolute Gasteiger partial charge is 0.495 e. The zero-order chi connectivity index (χ0) is 13.9. The standard InChI is InChI=1S/C16H16ClNO2/c1-19-16-8-12(6-7-14(16)17)18-15-10-20-9-11-4-2-3-5-13(11)15/h2-8,15,18H,9-10H2,1H3. The summed E-state index contributed by atoms with van der Waals surface area (Å²) < 4.78 is 10.9. The van der Waals surface area contributed by atoms with Crippen molar-refractivity contribution in [2.24, 2.45) is 0 Å². The fourth-order valence-electron chi connectivity index (χ4n) is 2.45. The molecule has 2 aromatic rings. The van der Waals surface area contributed by atoms with Crippen LogP contribution in [0.25, 0.3) is 0 Å². The van der Waals surface area contributed by atoms with Crippen LogP contribution in [0.4, 0.5) is 5.69 Å². The van der Waals surface area contributed by atoms with E-state index in [0.717, 1.165) is 5.69 Å². The van der Waals surface area contributed by atoms with E-state index in [0.29, 0.717) is 24.0 Å². The van der Waals surface area contributed by atoms with E-state index in [1.54, 1.807) is 7.11 Å². The lowest BCUT2D eigenvalue weighted by Crippen LogP contribution is -2.23. The van der Waals surface area contributed by atoms with Crippen molar-refractivity contribution in [3.05, 3.63) is 58.6 Å². The molecular weight excluding hydrogens is 274 g/mol. The Labute approximate surface area is 123 Å². The van der Waals surface area contributed by atoms with E-state index < -0.39 is 0 Å². The van der Waals surface area contributed by atoms with Crippen LogP contribution < -0.4 is 10.1 Å². The van der Waals surface area contributed by atoms with Crippen molar-refractivity contribution in [2.75, 3.05) is 19.0 Å². The van der Waals surface area contributed by atoms with E-state index >= 15 is 0 Å². The zero-order valence-corrected chi connectivity index (χ0v) is 12.0. The average Bonchev–Trinajstić information content (AvgIpc) is 2.49. The Morgan fingerprint density at radius 2 is 2.10 bits per heavy atom. The van der Waals surface area contributed by atoms with Crippen LogP contribution in [0.2, 0.25) is 5.02 Å². The molecule has 0 fully saturated rings. The number of rotatable bonds is 3. The Balaban J connectivity index is 1.85. The van der Waals surface area contributed by atoms with Gasteiger partial charge in [-0.15, -0.1) is 0 Å². The second-order valence-electron chi connectivity index (χ2n) is 4.76. The molecule has 0 bridgehead atoms. The molecule has 0 saturated heterocycles. The van der Waals surface area contributed by atoms with Gasteiger partial charge >= 0.3 is 0 Å². The Kier molecular flexibility index (Phi) is 3.81. The Bertz CT molecular complexity index is 615. The molecule has 104 valence electrons. The first kappa shape index (κ1) is 13.3. The monoisotopic (exact) mass is 289 g/mol. The first-order valence-electron chi connectivity index (χ1n) is 6.53. The highest BCUT2D eigenvalue weighted by molar-refractivity contribution is 6.32. The van der Waals surface area contributed by atoms with E-state index in [9.17, 15) is 0 Å². The molecule has 3 rings (SSSR count). The molecule has 1 N–H and O–H groups in total. The smallest absolute Gasteiger partial charge is 0.139 e. The van der Waals surface area contributed by atoms with Gasteiger partial charge in [-0.05, 0) is 23.3 Å². The maximum absolute atomic E-state index is 6.04. The minimum absolute atomic E-state index is 0.144. The van der Waals surface area contributed by atoms with Crippen molar-refractivity contribution < 1.29 is 9.47 Å². The molecule has 1 heterocycles. The molecule has 20 heavy (non-hydrogen) atoms. The Morgan fingerprint density at radius 1 is 1.25 bits per heavy atom. The van der Waals surface area contributed by atoms with Gasteiger partial charge in [0, 0.05) is 11.8 Å². The number of fused-ring (bicyclic) bond motifs is 1. The molecule has 0 aliphatic carbocycles. The number of nitrogens with one attached hydrogen (secondary N) is 1. The molecule has 0 saturated carbocycles. The molecular formula is C16H16ClNO2. The van der Waals surface area contributed by atoms with E-state index in [1.807, 2.05) is 24.3 Å². The highest BCUT2D eigenvalue weighted by Crippen LogP contribution is 2.31. The third-order valence-electron chi connectivity index (χ3n) is 3.46. The highest BCUT2D eigenvalue weighted by atomic mass is 35.5. The van der Waals surface area contributed by atoms with Gasteiger partial charge in [0.05, 0.1) is 31.4 Å². The van der Waals surface area contributed by atoms with Crippen LogP contribution in [0.15, 0.2) is 42.5 Å². The number of halogens is 1. The summed E-state index contributed by atoms with van der Waals surface area (Å²) in [6.45, 7) is 1.33. The molecule has 4 heteroatoms. The van der Waals surface area contributed by atoms with Gasteiger partial charge in [-0.3, -0.25) is 0 Å². The summed E-state index contributed by atoms with van der Waals surface area (Å²) >= 11 is 6.04. The molecule has 0 aromatic heterocycles. The normalized spacial score (nSPS) is 17.4. The number of anilines is 1. The maximum Gasteiger partial charge on any atom is 0.139 e. The Morgan fingerprint density at radius 3 is 2.95 bits per heavy atom. The van der Waals surface area contributed by atoms with E-state index in [2.05, 4.69) is 23.5 Å². The molecule has 0 radical (unpaired) electrons. The average molecular weight is 290 g/mol. The predicted octanol–water partition coefficient (Wildman–Crippen LogP) is 4.03. The van der Waals surface area contributed by atoms with E-state index in [4.69, 9.17) is 21.1 Å². The quantitative estimate of drug-likeness (QED) is 0.925. The lowest BCUT2D eigenvalue weighted by molar-refractivity contribution is 0.0970. The fraction of sp³-hybridized carbons (Fsp3) is 0.250. The molecule has 0 amide bonds. The van der Waals surface area contributed by atoms with Crippen molar-refractivity contribution >= 4 is 17.3 Å². The third-order valence-corrected chi connectivity index (χ3v) is 3.78. The zero-order valence-electron chi connectivity index (χ0n) is 11.2. The predicted molar refractivity (Wildman–Crippen MR) is 80.5 cm³/mol. The molecule has 2 aromatic carbocycles. The van der Waals surface area contributed by atoms with Gasteiger partial charge in [0.1, 0.15) is 5.75 Å². The van der Waals surface area contributed by atoms with Crippen molar-refractivity contribution in [2.45, 2.75) is 12.6 Å². The number of ether oxygens (including phenoxy) is 2. The van der Waals surface area contributed by atoms with Gasteiger partial charge in [0.15, 0.2) is 0 Å². The third kappa shape index (κ3) is 2.60. The summed E-state index contributed by atoms with van der Waals surface area (Å²) in [5.41, 5.74) is 3.49. The van der Waals surface area contributed by atoms with Gasteiger partial charge in [0.25, 0.3) is 0 Å². The highest BCUT2D eigenvalue weighted by Gasteiger charge is 2.20. The van der Waals surface area contributed by atoms with Gasteiger partial charge in [-0.1, -0.05) is 35.9 Å². The van der Waals surface area contributed by atoms with Crippen LogP contribution in [0, 0.1) is 0 Å². The summed E-state index contributed by atoms with van der Waals surface area (Å²) in [5.74, 6) is 0.668. The van der Waals surface area contributed by atoms with Crippen molar-refractivity contribution in [1.29, 1.82) is 0 Å². The summed E-state index contributed by atoms with van der Waals surface area (Å²) in [5, 5.41) is 4.08. The van der Waals surface area contributed by atoms with Gasteiger partial charge in [-0.25, -0.2) is 0 Å². The molecule has 1 aliphatic heterocycles. The number of methoxy groups -OCH3 is 1. The first-order chi connectivity index (χ1) is 9.78. The topological polar surface area (TPSA) is 30.5 Å². The molecule has 0 spiro atoms. The molecule has 1 unspecified atom stereocenters. The van der Waals surface area contributed by atoms with Crippen LogP contribution in [-0.2, 0) is 11.3 Å². The van der Waals surface area contributed by atoms with Crippen molar-refractivity contribution in [1.82, 2.24) is 0 Å². The minimum atomic E-state index is 0.144. The fourth-order valence-corrected chi connectivity index (χ4v) is 2.65. The van der Waals surface area contributed by atoms with Crippen LogP contribution in [-0.4, -0.2) is 13.7 Å². The lowest BCUT2D eigenvalue weighted by atomic mass is 9.99. The molecule has 1 aliphatic rings. The number of benzene rings is 2. The van der Waals surface area contributed by atoms with E-state index in [-0.39, 0.29) is 6.04 Å². The number of hydrogen-bond donors (Lipinski definition) is 1. The Hall–Kier alpha value is -1.71. The summed E-state index contributed by atoms with van der Waals surface area (Å²) in [7, 11) is 1.62. The van der Waals surface area contributed by atoms with Gasteiger partial charge in [-0.2, -0.15) is 0 Å². The van der Waals surface area contributed by atoms with Crippen molar-refractivity contribution in [3.63, 3.8) is 0 Å². The lowest BCUT2D eigenvalue weighted by Gasteiger charge is -2.27. The molecule has 1 atom stereocenters. The SMILES string of the molecule is COc1cc(NC2COCc3ccccc32)ccc1Cl. The van der Waals surface area contributed by atoms with Crippen LogP contribution in [0.1, 0.15) is 17.2 Å². The van der Waals surface area contributed by atoms with Gasteiger partial charge in [0.2, 0.25) is 0 Å². The second kappa shape index (κ2) is 5.73. The summed E-state index contributed by atoms with van der Waals surface area (Å²) in [6, 6.07) is 14.2. The van der Waals surface area contributed by atoms with Gasteiger partial charge < -0.3 is 14.8 Å². The minimum Gasteiger partial charge on any atom is -0.495 e. The molecule has 3 nitrogen and oxygen atoms in total. The van der Waals surface area contributed by atoms with Crippen LogP contribution in [0.3, 0.4) is 0 Å². The number of hydrogen-bond acceptors (Lipinski definition) is 3. The maximum atomic E-state index is 6.04. The van der Waals surface area contributed by atoms with Crippen LogP contribution >= 0.6 is 11.6 Å². The van der Waals surface area contributed by atoms with Crippen molar-refractivity contribution in [3.8, 4) is 5.75 Å². The second-order valence-corrected chi connectivity index (χ2v) is 5.17. The van der Waals surface area contributed by atoms with Crippen LogP contribution in [0.5, 0.6) is 5.75 Å². The summed E-state index contributed by atoms with van der Waals surface area (Å²) in [4.78, 5) is 0. The van der Waals surface area contributed by atoms with E-state index in [1.165, 1.54) is 11.1 Å². The summed E-state index contributed by atoms with van der Waals surface area (Å²) in [6.07, 6.45) is 0.